The number of amides is 1. The summed E-state index contributed by atoms with van der Waals surface area (Å²) in [5.41, 5.74) is 9.55. The maximum atomic E-state index is 12.0. The molecule has 0 unspecified atom stereocenters. The number of carbonyl (C=O) groups is 1. The van der Waals surface area contributed by atoms with Gasteiger partial charge in [0.2, 0.25) is 5.91 Å². The smallest absolute Gasteiger partial charge is 0.224 e. The Kier molecular flexibility index (Phi) is 6.67. The zero-order valence-electron chi connectivity index (χ0n) is 14.5. The number of ether oxygens (including phenoxy) is 1. The van der Waals surface area contributed by atoms with E-state index in [0.29, 0.717) is 12.1 Å². The highest BCUT2D eigenvalue weighted by atomic mass is 16.5. The zero-order valence-corrected chi connectivity index (χ0v) is 14.5. The molecule has 2 aromatic carbocycles. The molecule has 0 fully saturated rings. The van der Waals surface area contributed by atoms with Gasteiger partial charge in [-0.2, -0.15) is 0 Å². The van der Waals surface area contributed by atoms with E-state index in [9.17, 15) is 4.79 Å². The molecule has 0 spiro atoms. The van der Waals surface area contributed by atoms with E-state index in [1.165, 1.54) is 5.56 Å². The average molecular weight is 326 g/mol. The molecule has 0 aromatic heterocycles. The molecule has 0 heterocycles. The van der Waals surface area contributed by atoms with Crippen molar-refractivity contribution in [3.05, 3.63) is 53.6 Å². The summed E-state index contributed by atoms with van der Waals surface area (Å²) < 4.78 is 5.15. The van der Waals surface area contributed by atoms with E-state index in [4.69, 9.17) is 10.5 Å². The third-order valence-electron chi connectivity index (χ3n) is 4.06. The maximum Gasteiger partial charge on any atom is 0.224 e. The van der Waals surface area contributed by atoms with Crippen LogP contribution in [0.15, 0.2) is 42.5 Å². The number of unbranched alkanes of at least 4 members (excludes halogenated alkanes) is 2. The zero-order chi connectivity index (χ0) is 17.4. The van der Waals surface area contributed by atoms with Crippen LogP contribution in [0, 0.1) is 6.92 Å². The lowest BCUT2D eigenvalue weighted by molar-refractivity contribution is -0.116. The molecule has 4 nitrogen and oxygen atoms in total. The number of benzene rings is 2. The Balaban J connectivity index is 1.66. The number of aryl methyl sites for hydroxylation is 2. The van der Waals surface area contributed by atoms with Gasteiger partial charge in [0.05, 0.1) is 7.11 Å². The Morgan fingerprint density at radius 2 is 1.83 bits per heavy atom. The fraction of sp³-hybridized carbons (Fsp3) is 0.350. The highest BCUT2D eigenvalue weighted by Gasteiger charge is 2.05. The number of nitrogens with two attached hydrogens (primary N) is 1. The van der Waals surface area contributed by atoms with Gasteiger partial charge in [0.25, 0.3) is 0 Å². The second kappa shape index (κ2) is 8.96. The molecule has 0 atom stereocenters. The van der Waals surface area contributed by atoms with Gasteiger partial charge < -0.3 is 15.8 Å². The molecule has 0 saturated heterocycles. The number of carbonyl (C=O) groups excluding carboxylic acids is 1. The summed E-state index contributed by atoms with van der Waals surface area (Å²) in [6, 6.07) is 13.7. The van der Waals surface area contributed by atoms with Crippen molar-refractivity contribution in [2.24, 2.45) is 0 Å². The Morgan fingerprint density at radius 1 is 1.08 bits per heavy atom. The van der Waals surface area contributed by atoms with Crippen LogP contribution in [0.4, 0.5) is 11.4 Å². The highest BCUT2D eigenvalue weighted by molar-refractivity contribution is 5.91. The molecule has 0 saturated carbocycles. The van der Waals surface area contributed by atoms with Crippen molar-refractivity contribution in [1.82, 2.24) is 0 Å². The number of hydrogen-bond acceptors (Lipinski definition) is 3. The minimum atomic E-state index is 0.0492. The second-order valence-electron chi connectivity index (χ2n) is 6.03. The number of methoxy groups -OCH3 is 1. The highest BCUT2D eigenvalue weighted by Crippen LogP contribution is 2.19. The quantitative estimate of drug-likeness (QED) is 0.560. The third kappa shape index (κ3) is 5.61. The summed E-state index contributed by atoms with van der Waals surface area (Å²) in [6.45, 7) is 1.96. The van der Waals surface area contributed by atoms with Crippen LogP contribution >= 0.6 is 0 Å². The average Bonchev–Trinajstić information content (AvgIpc) is 2.58. The second-order valence-corrected chi connectivity index (χ2v) is 6.03. The topological polar surface area (TPSA) is 64.3 Å². The Morgan fingerprint density at radius 3 is 2.54 bits per heavy atom. The van der Waals surface area contributed by atoms with Crippen molar-refractivity contribution in [2.75, 3.05) is 18.2 Å². The predicted molar refractivity (Wildman–Crippen MR) is 99.4 cm³/mol. The molecule has 0 aliphatic rings. The van der Waals surface area contributed by atoms with Gasteiger partial charge in [0, 0.05) is 17.8 Å². The van der Waals surface area contributed by atoms with Gasteiger partial charge in [-0.25, -0.2) is 0 Å². The standard InChI is InChI=1S/C20H26N2O2/c1-15-8-11-17(21)14-19(15)22-20(23)7-5-3-4-6-16-9-12-18(24-2)13-10-16/h8-14H,3-7,21H2,1-2H3,(H,22,23). The number of nitrogen functional groups attached to an aromatic ring is 1. The minimum absolute atomic E-state index is 0.0492. The SMILES string of the molecule is COc1ccc(CCCCCC(=O)Nc2cc(N)ccc2C)cc1. The number of hydrogen-bond donors (Lipinski definition) is 2. The normalized spacial score (nSPS) is 10.4. The van der Waals surface area contributed by atoms with Crippen molar-refractivity contribution in [3.63, 3.8) is 0 Å². The molecule has 0 aliphatic heterocycles. The number of rotatable bonds is 8. The Bertz CT molecular complexity index is 666. The molecule has 2 aromatic rings. The lowest BCUT2D eigenvalue weighted by Crippen LogP contribution is -2.12. The van der Waals surface area contributed by atoms with Crippen LogP contribution in [0.3, 0.4) is 0 Å². The van der Waals surface area contributed by atoms with Crippen LogP contribution in [0.2, 0.25) is 0 Å². The van der Waals surface area contributed by atoms with Crippen molar-refractivity contribution < 1.29 is 9.53 Å². The summed E-state index contributed by atoms with van der Waals surface area (Å²) in [5.74, 6) is 0.931. The van der Waals surface area contributed by atoms with Crippen LogP contribution < -0.4 is 15.8 Å². The van der Waals surface area contributed by atoms with Gasteiger partial charge in [-0.3, -0.25) is 4.79 Å². The number of nitrogens with one attached hydrogen (secondary N) is 1. The Labute approximate surface area is 144 Å². The number of anilines is 2. The third-order valence-corrected chi connectivity index (χ3v) is 4.06. The van der Waals surface area contributed by atoms with Gasteiger partial charge in [0.1, 0.15) is 5.75 Å². The summed E-state index contributed by atoms with van der Waals surface area (Å²) in [6.07, 6.45) is 4.58. The molecule has 3 N–H and O–H groups in total. The molecule has 0 radical (unpaired) electrons. The first-order valence-electron chi connectivity index (χ1n) is 8.37. The van der Waals surface area contributed by atoms with Crippen LogP contribution in [-0.4, -0.2) is 13.0 Å². The van der Waals surface area contributed by atoms with E-state index in [-0.39, 0.29) is 5.91 Å². The Hall–Kier alpha value is -2.49. The van der Waals surface area contributed by atoms with Crippen molar-refractivity contribution in [2.45, 2.75) is 39.0 Å². The van der Waals surface area contributed by atoms with E-state index in [0.717, 1.165) is 42.7 Å². The molecule has 0 bridgehead atoms. The first-order valence-corrected chi connectivity index (χ1v) is 8.37. The molecule has 1 amide bonds. The van der Waals surface area contributed by atoms with Crippen LogP contribution in [0.25, 0.3) is 0 Å². The molecule has 24 heavy (non-hydrogen) atoms. The predicted octanol–water partition coefficient (Wildman–Crippen LogP) is 4.33. The van der Waals surface area contributed by atoms with E-state index < -0.39 is 0 Å². The largest absolute Gasteiger partial charge is 0.497 e. The molecular weight excluding hydrogens is 300 g/mol. The molecular formula is C20H26N2O2. The molecule has 128 valence electrons. The van der Waals surface area contributed by atoms with E-state index in [2.05, 4.69) is 17.4 Å². The van der Waals surface area contributed by atoms with Gasteiger partial charge in [-0.15, -0.1) is 0 Å². The van der Waals surface area contributed by atoms with E-state index >= 15 is 0 Å². The van der Waals surface area contributed by atoms with Crippen LogP contribution in [0.1, 0.15) is 36.8 Å². The van der Waals surface area contributed by atoms with Crippen molar-refractivity contribution in [3.8, 4) is 5.75 Å². The minimum Gasteiger partial charge on any atom is -0.497 e. The molecule has 4 heteroatoms. The van der Waals surface area contributed by atoms with Gasteiger partial charge in [0.15, 0.2) is 0 Å². The van der Waals surface area contributed by atoms with Gasteiger partial charge >= 0.3 is 0 Å². The first-order chi connectivity index (χ1) is 11.6. The van der Waals surface area contributed by atoms with Crippen molar-refractivity contribution >= 4 is 17.3 Å². The molecule has 2 rings (SSSR count). The van der Waals surface area contributed by atoms with Gasteiger partial charge in [-0.05, 0) is 61.6 Å². The van der Waals surface area contributed by atoms with Crippen molar-refractivity contribution in [1.29, 1.82) is 0 Å². The monoisotopic (exact) mass is 326 g/mol. The summed E-state index contributed by atoms with van der Waals surface area (Å²) in [4.78, 5) is 12.0. The van der Waals surface area contributed by atoms with E-state index in [1.54, 1.807) is 13.2 Å². The lowest BCUT2D eigenvalue weighted by Gasteiger charge is -2.09. The van der Waals surface area contributed by atoms with Crippen LogP contribution in [-0.2, 0) is 11.2 Å². The van der Waals surface area contributed by atoms with Gasteiger partial charge in [-0.1, -0.05) is 24.6 Å². The maximum absolute atomic E-state index is 12.0. The van der Waals surface area contributed by atoms with E-state index in [1.807, 2.05) is 31.2 Å². The summed E-state index contributed by atoms with van der Waals surface area (Å²) in [7, 11) is 1.67. The first kappa shape index (κ1) is 17.9. The molecule has 0 aliphatic carbocycles. The fourth-order valence-electron chi connectivity index (χ4n) is 2.57. The van der Waals surface area contributed by atoms with Crippen LogP contribution in [0.5, 0.6) is 5.75 Å². The fourth-order valence-corrected chi connectivity index (χ4v) is 2.57. The summed E-state index contributed by atoms with van der Waals surface area (Å²) >= 11 is 0. The summed E-state index contributed by atoms with van der Waals surface area (Å²) in [5, 5.41) is 2.94. The lowest BCUT2D eigenvalue weighted by atomic mass is 10.1.